The first-order valence-corrected chi connectivity index (χ1v) is 50.2. The van der Waals surface area contributed by atoms with Gasteiger partial charge >= 0.3 is 5.97 Å². The van der Waals surface area contributed by atoms with Gasteiger partial charge in [-0.1, -0.05) is 326 Å². The van der Waals surface area contributed by atoms with Crippen LogP contribution < -0.4 is 85.5 Å². The Morgan fingerprint density at radius 3 is 0.566 bits per heavy atom. The monoisotopic (exact) mass is 2010 g/mol. The molecule has 18 N–H and O–H groups in total. The Hall–Kier alpha value is -14.4. The Bertz CT molecular complexity index is 5550. The summed E-state index contributed by atoms with van der Waals surface area (Å²) in [6.07, 6.45) is -0.429. The van der Waals surface area contributed by atoms with Gasteiger partial charge in [-0.3, -0.25) is 76.7 Å². The van der Waals surface area contributed by atoms with Crippen molar-refractivity contribution in [2.24, 2.45) is 41.2 Å². The maximum Gasteiger partial charge on any atom is 0.325 e. The predicted molar refractivity (Wildman–Crippen MR) is 558 cm³/mol. The molecular formula is C111H144N16O17S. The van der Waals surface area contributed by atoms with Crippen molar-refractivity contribution in [3.05, 3.63) is 287 Å². The summed E-state index contributed by atoms with van der Waals surface area (Å²) < 4.78 is 0. The second-order valence-corrected chi connectivity index (χ2v) is 39.5. The lowest BCUT2D eigenvalue weighted by Crippen LogP contribution is -2.62. The third-order valence-electron chi connectivity index (χ3n) is 24.4. The predicted octanol–water partition coefficient (Wildman–Crippen LogP) is 6.67. The van der Waals surface area contributed by atoms with Gasteiger partial charge in [0, 0.05) is 57.1 Å². The Kier molecular flexibility index (Phi) is 47.1. The number of hydrogen-bond acceptors (Lipinski definition) is 18. The molecular weight excluding hydrogens is 1860 g/mol. The summed E-state index contributed by atoms with van der Waals surface area (Å²) in [7, 11) is 0. The lowest BCUT2D eigenvalue weighted by Gasteiger charge is -2.30. The summed E-state index contributed by atoms with van der Waals surface area (Å²) in [5.41, 5.74) is 11.2. The SMILES string of the molecule is CC(C)C[C@H](NC(=O)[C@H](Cc1ccccc1)NC(=O)[C@H](Cc1ccccc1)NC(=O)[C@H](Cc1ccccc1)NC(=O)[C@H](Cc1ccccc1)NC(=O)[C@@H](NC(=O)[C@H](CC(C)C)NC(=O)[C@@H](NC(=O)[C@H](Cc1ccccc1)NC(=O)[C@H](CS)NC(=O)[C@H](Cc1ccccc1)NC(=O)[C@H](Cc1ccccc1)NC(=O)[C@@H](NC(=O)[C@H](Cc1ccccc1)NC(=O)[C@@H](N)CC(C)C)C(C)C)C(C)C)C(C)C)C(=O)N[C@@H](C)C(=O)O. The van der Waals surface area contributed by atoms with Gasteiger partial charge in [0.25, 0.3) is 0 Å². The topological polar surface area (TPSA) is 500 Å². The number of carboxylic acid groups (broad SMARTS) is 1. The lowest BCUT2D eigenvalue weighted by atomic mass is 9.97. The highest BCUT2D eigenvalue weighted by Crippen LogP contribution is 2.20. The lowest BCUT2D eigenvalue weighted by molar-refractivity contribution is -0.142. The van der Waals surface area contributed by atoms with Crippen LogP contribution in [0, 0.1) is 35.5 Å². The molecule has 0 aliphatic carbocycles. The normalized spacial score (nSPS) is 14.6. The van der Waals surface area contributed by atoms with Crippen LogP contribution in [-0.4, -0.2) is 202 Å². The van der Waals surface area contributed by atoms with Gasteiger partial charge in [0.1, 0.15) is 90.6 Å². The number of nitrogens with two attached hydrogens (primary N) is 1. The van der Waals surface area contributed by atoms with E-state index >= 15 is 43.2 Å². The summed E-state index contributed by atoms with van der Waals surface area (Å²) in [4.78, 5) is 234. The fraction of sp³-hybridized carbons (Fsp3) is 0.423. The molecule has 16 atom stereocenters. The van der Waals surface area contributed by atoms with E-state index in [0.29, 0.717) is 45.4 Å². The molecule has 0 heterocycles. The van der Waals surface area contributed by atoms with E-state index in [4.69, 9.17) is 5.73 Å². The van der Waals surface area contributed by atoms with Gasteiger partial charge < -0.3 is 90.6 Å². The first-order valence-electron chi connectivity index (χ1n) is 49.6. The van der Waals surface area contributed by atoms with Crippen LogP contribution >= 0.6 is 12.6 Å². The molecule has 0 fully saturated rings. The van der Waals surface area contributed by atoms with Crippen molar-refractivity contribution in [1.82, 2.24) is 79.8 Å². The number of aliphatic carboxylic acids is 1. The molecule has 0 saturated heterocycles. The molecule has 0 aromatic heterocycles. The number of thiol groups is 1. The minimum absolute atomic E-state index is 0.0000756. The molecule has 0 radical (unpaired) electrons. The van der Waals surface area contributed by atoms with Gasteiger partial charge in [-0.15, -0.1) is 0 Å². The molecule has 33 nitrogen and oxygen atoms in total. The van der Waals surface area contributed by atoms with Crippen LogP contribution in [0.4, 0.5) is 0 Å². The smallest absolute Gasteiger partial charge is 0.325 e. The number of amides is 15. The molecule has 776 valence electrons. The third kappa shape index (κ3) is 39.3. The largest absolute Gasteiger partial charge is 0.480 e. The Labute approximate surface area is 855 Å². The fourth-order valence-corrected chi connectivity index (χ4v) is 16.7. The van der Waals surface area contributed by atoms with Crippen molar-refractivity contribution in [3.8, 4) is 0 Å². The standard InChI is InChI=1S/C111H144N16O17S/c1-66(2)54-81(112)96(128)114-90(63-79-50-34-20-35-51-79)105(137)126-95(71(11)12)110(142)123-89(62-78-48-32-19-33-49-78)102(134)119-87(60-76-44-28-17-29-45-76)103(135)124-92(65-145)107(139)120-91(64-80-52-36-21-37-53-80)106(138)127-93(69(7)8)108(140)121-83(56-68(5)6)104(136)125-94(70(9)10)109(141)122-88(61-77-46-30-18-31-47-77)101(133)118-86(59-75-42-26-16-27-43-75)100(132)117-85(58-74-40-24-15-25-41-74)99(131)116-84(57-73-38-22-14-23-39-73)98(130)115-82(55-67(3)4)97(129)113-72(13)111(143)144/h14-53,66-72,81-95,145H,54-65,112H2,1-13H3,(H,113,129)(H,114,128)(H,115,130)(H,116,131)(H,117,132)(H,118,133)(H,119,134)(H,120,139)(H,121,140)(H,122,141)(H,123,142)(H,124,135)(H,125,136)(H,126,137)(H,127,138)(H,143,144)/t72-,81-,82-,83-,84-,85-,86-,87-,88-,89-,90-,91-,92-,93-,94-,95-/m0/s1. The number of nitrogens with one attached hydrogen (secondary N) is 15. The molecule has 15 amide bonds. The van der Waals surface area contributed by atoms with Crippen molar-refractivity contribution >= 4 is 107 Å². The highest BCUT2D eigenvalue weighted by molar-refractivity contribution is 7.80. The van der Waals surface area contributed by atoms with Crippen molar-refractivity contribution < 1.29 is 81.8 Å². The van der Waals surface area contributed by atoms with E-state index in [0.717, 1.165) is 5.56 Å². The second kappa shape index (κ2) is 59.0. The first kappa shape index (κ1) is 116. The molecule has 145 heavy (non-hydrogen) atoms. The van der Waals surface area contributed by atoms with Crippen LogP contribution in [-0.2, 0) is 128 Å². The number of rotatable bonds is 57. The third-order valence-corrected chi connectivity index (χ3v) is 24.7. The summed E-state index contributed by atoms with van der Waals surface area (Å²) >= 11 is 4.52. The van der Waals surface area contributed by atoms with Crippen molar-refractivity contribution in [2.45, 2.75) is 257 Å². The zero-order valence-corrected chi connectivity index (χ0v) is 85.7. The zero-order valence-electron chi connectivity index (χ0n) is 84.8. The van der Waals surface area contributed by atoms with E-state index in [9.17, 15) is 38.7 Å². The molecule has 8 rings (SSSR count). The quantitative estimate of drug-likeness (QED) is 0.0177. The van der Waals surface area contributed by atoms with Crippen LogP contribution in [0.2, 0.25) is 0 Å². The molecule has 0 aliphatic rings. The molecule has 8 aromatic rings. The molecule has 0 spiro atoms. The number of carboxylic acids is 1. The van der Waals surface area contributed by atoms with Crippen LogP contribution in [0.5, 0.6) is 0 Å². The zero-order chi connectivity index (χ0) is 106. The van der Waals surface area contributed by atoms with Gasteiger partial charge in [0.05, 0.1) is 6.04 Å². The highest BCUT2D eigenvalue weighted by Gasteiger charge is 2.41. The van der Waals surface area contributed by atoms with Crippen LogP contribution in [0.15, 0.2) is 243 Å². The Morgan fingerprint density at radius 2 is 0.372 bits per heavy atom. The first-order chi connectivity index (χ1) is 69.1. The molecule has 34 heteroatoms. The molecule has 0 aliphatic heterocycles. The van der Waals surface area contributed by atoms with Crippen LogP contribution in [0.1, 0.15) is 154 Å². The van der Waals surface area contributed by atoms with Crippen molar-refractivity contribution in [1.29, 1.82) is 0 Å². The van der Waals surface area contributed by atoms with Gasteiger partial charge in [0.15, 0.2) is 0 Å². The Morgan fingerprint density at radius 1 is 0.214 bits per heavy atom. The Balaban J connectivity index is 1.000. The maximum absolute atomic E-state index is 15.4. The highest BCUT2D eigenvalue weighted by atomic mass is 32.1. The minimum atomic E-state index is -1.50. The molecule has 8 aromatic carbocycles. The van der Waals surface area contributed by atoms with E-state index in [-0.39, 0.29) is 87.7 Å². The summed E-state index contributed by atoms with van der Waals surface area (Å²) in [6, 6.07) is 48.3. The van der Waals surface area contributed by atoms with Crippen molar-refractivity contribution in [2.75, 3.05) is 5.75 Å². The van der Waals surface area contributed by atoms with Crippen LogP contribution in [0.25, 0.3) is 0 Å². The van der Waals surface area contributed by atoms with Crippen molar-refractivity contribution in [3.63, 3.8) is 0 Å². The van der Waals surface area contributed by atoms with E-state index in [2.05, 4.69) is 92.4 Å². The average molecular weight is 2010 g/mol. The number of benzene rings is 8. The van der Waals surface area contributed by atoms with Crippen LogP contribution in [0.3, 0.4) is 0 Å². The summed E-state index contributed by atoms with van der Waals surface area (Å²) in [5.74, 6) is -16.0. The van der Waals surface area contributed by atoms with E-state index in [1.165, 1.54) is 6.92 Å². The molecule has 0 saturated carbocycles. The van der Waals surface area contributed by atoms with E-state index in [1.807, 2.05) is 47.6 Å². The van der Waals surface area contributed by atoms with Gasteiger partial charge in [-0.05, 0) is 106 Å². The second-order valence-electron chi connectivity index (χ2n) is 39.1. The fourth-order valence-electron chi connectivity index (χ4n) is 16.4. The minimum Gasteiger partial charge on any atom is -0.480 e. The van der Waals surface area contributed by atoms with E-state index in [1.54, 1.807) is 278 Å². The summed E-state index contributed by atoms with van der Waals surface area (Å²) in [5, 5.41) is 51.6. The molecule has 0 bridgehead atoms. The van der Waals surface area contributed by atoms with E-state index < -0.39 is 209 Å². The number of carbonyl (C=O) groups is 16. The van der Waals surface area contributed by atoms with Gasteiger partial charge in [0.2, 0.25) is 88.6 Å². The van der Waals surface area contributed by atoms with Gasteiger partial charge in [-0.25, -0.2) is 0 Å². The number of hydrogen-bond donors (Lipinski definition) is 18. The average Bonchev–Trinajstić information content (AvgIpc) is 0.839. The van der Waals surface area contributed by atoms with Gasteiger partial charge in [-0.2, -0.15) is 12.6 Å². The number of carbonyl (C=O) groups excluding carboxylic acids is 15. The molecule has 0 unspecified atom stereocenters. The maximum atomic E-state index is 15.4. The summed E-state index contributed by atoms with van der Waals surface area (Å²) in [6.45, 7) is 22.4.